The minimum atomic E-state index is 0.111. The summed E-state index contributed by atoms with van der Waals surface area (Å²) in [6.07, 6.45) is 0.789. The number of hydrogen-bond acceptors (Lipinski definition) is 3. The third-order valence-electron chi connectivity index (χ3n) is 3.52. The predicted molar refractivity (Wildman–Crippen MR) is 82.6 cm³/mol. The third-order valence-corrected chi connectivity index (χ3v) is 3.94. The molecule has 3 aromatic rings. The summed E-state index contributed by atoms with van der Waals surface area (Å²) in [7, 11) is 3.91. The van der Waals surface area contributed by atoms with E-state index in [2.05, 4.69) is 38.5 Å². The molecule has 0 saturated heterocycles. The lowest BCUT2D eigenvalue weighted by Crippen LogP contribution is -2.18. The number of fused-ring (bicyclic) bond motifs is 1. The van der Waals surface area contributed by atoms with Gasteiger partial charge in [0.25, 0.3) is 0 Å². The molecular formula is C15H16BrN3O. The summed E-state index contributed by atoms with van der Waals surface area (Å²) in [5.41, 5.74) is 2.23. The standard InChI is InChI=1S/C15H16BrN3O/c1-17-12(14-7-8-15(16)20-14)9-11-10-5-3-4-6-13(10)19(2)18-11/h3-8,12,17H,9H2,1-2H3. The second kappa shape index (κ2) is 5.42. The van der Waals surface area contributed by atoms with E-state index >= 15 is 0 Å². The van der Waals surface area contributed by atoms with E-state index in [1.165, 1.54) is 5.39 Å². The van der Waals surface area contributed by atoms with Gasteiger partial charge in [-0.05, 0) is 41.2 Å². The Bertz CT molecular complexity index is 732. The van der Waals surface area contributed by atoms with Crippen molar-refractivity contribution in [2.75, 3.05) is 7.05 Å². The van der Waals surface area contributed by atoms with Crippen molar-refractivity contribution >= 4 is 26.8 Å². The van der Waals surface area contributed by atoms with Crippen LogP contribution in [0.2, 0.25) is 0 Å². The van der Waals surface area contributed by atoms with Crippen molar-refractivity contribution in [3.8, 4) is 0 Å². The number of nitrogens with one attached hydrogen (secondary N) is 1. The number of hydrogen-bond donors (Lipinski definition) is 1. The van der Waals surface area contributed by atoms with Crippen LogP contribution in [0.1, 0.15) is 17.5 Å². The minimum absolute atomic E-state index is 0.111. The Morgan fingerprint density at radius 1 is 1.30 bits per heavy atom. The summed E-state index contributed by atoms with van der Waals surface area (Å²) < 4.78 is 8.32. The van der Waals surface area contributed by atoms with Crippen molar-refractivity contribution in [1.82, 2.24) is 15.1 Å². The number of para-hydroxylation sites is 1. The molecule has 104 valence electrons. The van der Waals surface area contributed by atoms with Crippen LogP contribution in [0, 0.1) is 0 Å². The Morgan fingerprint density at radius 3 is 2.80 bits per heavy atom. The number of aromatic nitrogens is 2. The number of nitrogens with zero attached hydrogens (tertiary/aromatic N) is 2. The van der Waals surface area contributed by atoms with Gasteiger partial charge < -0.3 is 9.73 Å². The van der Waals surface area contributed by atoms with Crippen LogP contribution >= 0.6 is 15.9 Å². The fourth-order valence-electron chi connectivity index (χ4n) is 2.49. The van der Waals surface area contributed by atoms with E-state index in [1.54, 1.807) is 0 Å². The van der Waals surface area contributed by atoms with Crippen LogP contribution in [-0.2, 0) is 13.5 Å². The Balaban J connectivity index is 1.95. The lowest BCUT2D eigenvalue weighted by Gasteiger charge is -2.12. The molecule has 0 fully saturated rings. The molecule has 2 aromatic heterocycles. The van der Waals surface area contributed by atoms with Crippen LogP contribution < -0.4 is 5.32 Å². The van der Waals surface area contributed by atoms with Gasteiger partial charge in [0.15, 0.2) is 4.67 Å². The van der Waals surface area contributed by atoms with Gasteiger partial charge in [0.05, 0.1) is 17.3 Å². The molecule has 1 atom stereocenters. The fraction of sp³-hybridized carbons (Fsp3) is 0.267. The van der Waals surface area contributed by atoms with Gasteiger partial charge in [0.2, 0.25) is 0 Å². The topological polar surface area (TPSA) is 43.0 Å². The molecule has 5 heteroatoms. The molecule has 0 aliphatic carbocycles. The number of aryl methyl sites for hydroxylation is 1. The quantitative estimate of drug-likeness (QED) is 0.795. The first-order chi connectivity index (χ1) is 9.69. The maximum absolute atomic E-state index is 5.65. The van der Waals surface area contributed by atoms with E-state index < -0.39 is 0 Å². The van der Waals surface area contributed by atoms with Crippen LogP contribution in [-0.4, -0.2) is 16.8 Å². The van der Waals surface area contributed by atoms with Gasteiger partial charge in [-0.15, -0.1) is 0 Å². The zero-order valence-corrected chi connectivity index (χ0v) is 13.0. The molecule has 20 heavy (non-hydrogen) atoms. The summed E-state index contributed by atoms with van der Waals surface area (Å²) in [5.74, 6) is 0.911. The summed E-state index contributed by atoms with van der Waals surface area (Å²) in [4.78, 5) is 0. The minimum Gasteiger partial charge on any atom is -0.453 e. The molecule has 3 rings (SSSR count). The Labute approximate surface area is 125 Å². The summed E-state index contributed by atoms with van der Waals surface area (Å²) >= 11 is 3.34. The number of likely N-dealkylation sites (N-methyl/N-ethyl adjacent to an activating group) is 1. The number of benzene rings is 1. The molecule has 0 amide bonds. The molecular weight excluding hydrogens is 318 g/mol. The predicted octanol–water partition coefficient (Wildman–Crippen LogP) is 3.43. The number of rotatable bonds is 4. The molecule has 1 aromatic carbocycles. The molecule has 0 spiro atoms. The van der Waals surface area contributed by atoms with Crippen molar-refractivity contribution in [1.29, 1.82) is 0 Å². The van der Waals surface area contributed by atoms with E-state index in [4.69, 9.17) is 4.42 Å². The third kappa shape index (κ3) is 2.39. The van der Waals surface area contributed by atoms with Crippen molar-refractivity contribution in [3.05, 3.63) is 52.5 Å². The number of halogens is 1. The maximum atomic E-state index is 5.65. The molecule has 0 bridgehead atoms. The van der Waals surface area contributed by atoms with Crippen LogP contribution in [0.25, 0.3) is 10.9 Å². The SMILES string of the molecule is CNC(Cc1nn(C)c2ccccc12)c1ccc(Br)o1. The molecule has 0 radical (unpaired) electrons. The molecule has 1 unspecified atom stereocenters. The fourth-order valence-corrected chi connectivity index (χ4v) is 2.81. The highest BCUT2D eigenvalue weighted by Crippen LogP contribution is 2.26. The average Bonchev–Trinajstić information content (AvgIpc) is 3.01. The van der Waals surface area contributed by atoms with Gasteiger partial charge in [-0.1, -0.05) is 18.2 Å². The monoisotopic (exact) mass is 333 g/mol. The zero-order valence-electron chi connectivity index (χ0n) is 11.4. The Kier molecular flexibility index (Phi) is 3.63. The van der Waals surface area contributed by atoms with Gasteiger partial charge >= 0.3 is 0 Å². The van der Waals surface area contributed by atoms with Crippen LogP contribution in [0.5, 0.6) is 0 Å². The van der Waals surface area contributed by atoms with Gasteiger partial charge in [0.1, 0.15) is 5.76 Å². The van der Waals surface area contributed by atoms with Crippen molar-refractivity contribution in [2.24, 2.45) is 7.05 Å². The highest BCUT2D eigenvalue weighted by Gasteiger charge is 2.18. The molecule has 4 nitrogen and oxygen atoms in total. The van der Waals surface area contributed by atoms with Crippen LogP contribution in [0.15, 0.2) is 45.5 Å². The van der Waals surface area contributed by atoms with Crippen molar-refractivity contribution < 1.29 is 4.42 Å². The van der Waals surface area contributed by atoms with Gasteiger partial charge in [-0.25, -0.2) is 0 Å². The Morgan fingerprint density at radius 2 is 2.10 bits per heavy atom. The van der Waals surface area contributed by atoms with Gasteiger partial charge in [0, 0.05) is 18.9 Å². The highest BCUT2D eigenvalue weighted by molar-refractivity contribution is 9.10. The first-order valence-electron chi connectivity index (χ1n) is 6.52. The first-order valence-corrected chi connectivity index (χ1v) is 7.31. The van der Waals surface area contributed by atoms with Crippen LogP contribution in [0.4, 0.5) is 0 Å². The van der Waals surface area contributed by atoms with Crippen molar-refractivity contribution in [3.63, 3.8) is 0 Å². The summed E-state index contributed by atoms with van der Waals surface area (Å²) in [6, 6.07) is 12.3. The lowest BCUT2D eigenvalue weighted by atomic mass is 10.1. The van der Waals surface area contributed by atoms with Crippen molar-refractivity contribution in [2.45, 2.75) is 12.5 Å². The lowest BCUT2D eigenvalue weighted by molar-refractivity contribution is 0.414. The second-order valence-corrected chi connectivity index (χ2v) is 5.56. The van der Waals surface area contributed by atoms with E-state index in [-0.39, 0.29) is 6.04 Å². The molecule has 0 aliphatic rings. The van der Waals surface area contributed by atoms with E-state index in [0.717, 1.165) is 28.1 Å². The largest absolute Gasteiger partial charge is 0.453 e. The van der Waals surface area contributed by atoms with Gasteiger partial charge in [-0.3, -0.25) is 4.68 Å². The Hall–Kier alpha value is -1.59. The van der Waals surface area contributed by atoms with E-state index in [1.807, 2.05) is 43.0 Å². The highest BCUT2D eigenvalue weighted by atomic mass is 79.9. The van der Waals surface area contributed by atoms with Crippen LogP contribution in [0.3, 0.4) is 0 Å². The van der Waals surface area contributed by atoms with E-state index in [9.17, 15) is 0 Å². The molecule has 0 aliphatic heterocycles. The van der Waals surface area contributed by atoms with Gasteiger partial charge in [-0.2, -0.15) is 5.10 Å². The molecule has 0 saturated carbocycles. The normalized spacial score (nSPS) is 12.9. The van der Waals surface area contributed by atoms with E-state index in [0.29, 0.717) is 0 Å². The maximum Gasteiger partial charge on any atom is 0.169 e. The second-order valence-electron chi connectivity index (χ2n) is 4.77. The number of furan rings is 1. The zero-order chi connectivity index (χ0) is 14.1. The average molecular weight is 334 g/mol. The summed E-state index contributed by atoms with van der Waals surface area (Å²) in [6.45, 7) is 0. The first kappa shape index (κ1) is 13.4. The smallest absolute Gasteiger partial charge is 0.169 e. The molecule has 1 N–H and O–H groups in total. The molecule has 2 heterocycles. The summed E-state index contributed by atoms with van der Waals surface area (Å²) in [5, 5.41) is 9.12.